The average Bonchev–Trinajstić information content (AvgIpc) is 2.67. The molecule has 2 aromatic carbocycles. The predicted octanol–water partition coefficient (Wildman–Crippen LogP) is 4.99. The largest absolute Gasteiger partial charge is 0.352 e. The number of nitrogens with zero attached hydrogens (tertiary/aromatic N) is 1. The Morgan fingerprint density at radius 3 is 2.44 bits per heavy atom. The molecule has 0 atom stereocenters. The van der Waals surface area contributed by atoms with Crippen LogP contribution < -0.4 is 5.32 Å². The third-order valence-corrected chi connectivity index (χ3v) is 4.44. The summed E-state index contributed by atoms with van der Waals surface area (Å²) in [6, 6.07) is 18.0. The van der Waals surface area contributed by atoms with E-state index in [2.05, 4.69) is 31.3 Å². The maximum atomic E-state index is 13.0. The van der Waals surface area contributed by atoms with Crippen molar-refractivity contribution >= 4 is 16.8 Å². The van der Waals surface area contributed by atoms with Crippen molar-refractivity contribution in [1.29, 1.82) is 0 Å². The van der Waals surface area contributed by atoms with Crippen LogP contribution in [0.2, 0.25) is 0 Å². The van der Waals surface area contributed by atoms with Gasteiger partial charge in [0.2, 0.25) is 0 Å². The van der Waals surface area contributed by atoms with Gasteiger partial charge in [-0.1, -0.05) is 68.8 Å². The molecule has 3 rings (SSSR count). The number of fused-ring (bicyclic) bond motifs is 1. The second kappa shape index (κ2) is 7.93. The normalized spacial score (nSPS) is 10.8. The van der Waals surface area contributed by atoms with Crippen molar-refractivity contribution in [3.8, 4) is 11.3 Å². The van der Waals surface area contributed by atoms with Crippen LogP contribution in [-0.2, 0) is 6.42 Å². The smallest absolute Gasteiger partial charge is 0.252 e. The van der Waals surface area contributed by atoms with E-state index in [1.54, 1.807) is 0 Å². The first-order valence-electron chi connectivity index (χ1n) is 9.01. The van der Waals surface area contributed by atoms with E-state index in [-0.39, 0.29) is 5.91 Å². The highest BCUT2D eigenvalue weighted by molar-refractivity contribution is 6.09. The molecule has 1 amide bonds. The van der Waals surface area contributed by atoms with Crippen molar-refractivity contribution in [2.24, 2.45) is 0 Å². The summed E-state index contributed by atoms with van der Waals surface area (Å²) in [4.78, 5) is 17.8. The number of unbranched alkanes of at least 4 members (excludes halogenated alkanes) is 1. The van der Waals surface area contributed by atoms with E-state index in [0.29, 0.717) is 6.54 Å². The van der Waals surface area contributed by atoms with Gasteiger partial charge in [0, 0.05) is 17.5 Å². The number of para-hydroxylation sites is 1. The molecule has 0 spiro atoms. The molecule has 3 aromatic rings. The van der Waals surface area contributed by atoms with Crippen molar-refractivity contribution in [2.45, 2.75) is 33.1 Å². The Labute approximate surface area is 149 Å². The fourth-order valence-corrected chi connectivity index (χ4v) is 3.16. The monoisotopic (exact) mass is 332 g/mol. The van der Waals surface area contributed by atoms with E-state index in [4.69, 9.17) is 4.98 Å². The number of nitrogens with one attached hydrogen (secondary N) is 1. The quantitative estimate of drug-likeness (QED) is 0.646. The van der Waals surface area contributed by atoms with Crippen molar-refractivity contribution < 1.29 is 4.79 Å². The number of hydrogen-bond donors (Lipinski definition) is 1. The van der Waals surface area contributed by atoms with E-state index >= 15 is 0 Å². The number of amides is 1. The first-order chi connectivity index (χ1) is 12.3. The molecular formula is C22H24N2O. The van der Waals surface area contributed by atoms with Gasteiger partial charge >= 0.3 is 0 Å². The molecule has 1 aromatic heterocycles. The average molecular weight is 332 g/mol. The lowest BCUT2D eigenvalue weighted by atomic mass is 9.94. The standard InChI is InChI=1S/C22H24N2O/c1-3-5-15-23-22(25)20-17(4-2)21(16-11-7-6-8-12-16)24-19-14-10-9-13-18(19)20/h6-14H,3-5,15H2,1-2H3,(H,23,25). The Hall–Kier alpha value is -2.68. The molecule has 3 nitrogen and oxygen atoms in total. The highest BCUT2D eigenvalue weighted by atomic mass is 16.1. The highest BCUT2D eigenvalue weighted by Gasteiger charge is 2.20. The minimum absolute atomic E-state index is 0.00100. The lowest BCUT2D eigenvalue weighted by Gasteiger charge is -2.16. The third kappa shape index (κ3) is 3.55. The second-order valence-corrected chi connectivity index (χ2v) is 6.16. The summed E-state index contributed by atoms with van der Waals surface area (Å²) in [6.07, 6.45) is 2.81. The van der Waals surface area contributed by atoms with Gasteiger partial charge in [0.05, 0.1) is 16.8 Å². The summed E-state index contributed by atoms with van der Waals surface area (Å²) in [5, 5.41) is 4.00. The maximum absolute atomic E-state index is 13.0. The van der Waals surface area contributed by atoms with Gasteiger partial charge in [0.15, 0.2) is 0 Å². The van der Waals surface area contributed by atoms with Crippen LogP contribution in [-0.4, -0.2) is 17.4 Å². The van der Waals surface area contributed by atoms with Crippen LogP contribution in [0.3, 0.4) is 0 Å². The van der Waals surface area contributed by atoms with Crippen LogP contribution in [0.1, 0.15) is 42.6 Å². The summed E-state index contributed by atoms with van der Waals surface area (Å²) >= 11 is 0. The summed E-state index contributed by atoms with van der Waals surface area (Å²) in [5.74, 6) is 0.00100. The molecular weight excluding hydrogens is 308 g/mol. The van der Waals surface area contributed by atoms with Crippen LogP contribution >= 0.6 is 0 Å². The van der Waals surface area contributed by atoms with Crippen molar-refractivity contribution in [2.75, 3.05) is 6.54 Å². The molecule has 0 aliphatic rings. The predicted molar refractivity (Wildman–Crippen MR) is 104 cm³/mol. The molecule has 128 valence electrons. The second-order valence-electron chi connectivity index (χ2n) is 6.16. The van der Waals surface area contributed by atoms with Crippen molar-refractivity contribution in [1.82, 2.24) is 10.3 Å². The number of rotatable bonds is 6. The van der Waals surface area contributed by atoms with Gasteiger partial charge in [-0.25, -0.2) is 4.98 Å². The van der Waals surface area contributed by atoms with Crippen LogP contribution in [0.4, 0.5) is 0 Å². The summed E-state index contributed by atoms with van der Waals surface area (Å²) in [7, 11) is 0. The number of benzene rings is 2. The van der Waals surface area contributed by atoms with Gasteiger partial charge in [-0.15, -0.1) is 0 Å². The Balaban J connectivity index is 2.20. The molecule has 25 heavy (non-hydrogen) atoms. The molecule has 0 aliphatic heterocycles. The maximum Gasteiger partial charge on any atom is 0.252 e. The summed E-state index contributed by atoms with van der Waals surface area (Å²) in [5.41, 5.74) is 4.59. The number of carbonyl (C=O) groups excluding carboxylic acids is 1. The van der Waals surface area contributed by atoms with E-state index in [1.165, 1.54) is 0 Å². The van der Waals surface area contributed by atoms with Gasteiger partial charge in [-0.05, 0) is 24.5 Å². The highest BCUT2D eigenvalue weighted by Crippen LogP contribution is 2.30. The minimum atomic E-state index is 0.00100. The lowest BCUT2D eigenvalue weighted by Crippen LogP contribution is -2.26. The zero-order valence-electron chi connectivity index (χ0n) is 14.9. The Kier molecular flexibility index (Phi) is 5.44. The molecule has 1 heterocycles. The number of hydrogen-bond acceptors (Lipinski definition) is 2. The van der Waals surface area contributed by atoms with Crippen molar-refractivity contribution in [3.05, 3.63) is 65.7 Å². The SMILES string of the molecule is CCCCNC(=O)c1c(CC)c(-c2ccccc2)nc2ccccc12. The van der Waals surface area contributed by atoms with Crippen LogP contribution in [0.5, 0.6) is 0 Å². The van der Waals surface area contributed by atoms with Gasteiger partial charge in [0.25, 0.3) is 5.91 Å². The molecule has 1 N–H and O–H groups in total. The first-order valence-corrected chi connectivity index (χ1v) is 9.01. The van der Waals surface area contributed by atoms with Gasteiger partial charge < -0.3 is 5.32 Å². The fraction of sp³-hybridized carbons (Fsp3) is 0.273. The first kappa shape index (κ1) is 17.2. The summed E-state index contributed by atoms with van der Waals surface area (Å²) in [6.45, 7) is 4.91. The van der Waals surface area contributed by atoms with Crippen LogP contribution in [0.15, 0.2) is 54.6 Å². The molecule has 0 bridgehead atoms. The Morgan fingerprint density at radius 1 is 1.00 bits per heavy atom. The summed E-state index contributed by atoms with van der Waals surface area (Å²) < 4.78 is 0. The van der Waals surface area contributed by atoms with Crippen LogP contribution in [0, 0.1) is 0 Å². The number of carbonyl (C=O) groups is 1. The molecule has 0 saturated heterocycles. The molecule has 0 aliphatic carbocycles. The van der Waals surface area contributed by atoms with E-state index in [9.17, 15) is 4.79 Å². The molecule has 0 radical (unpaired) electrons. The topological polar surface area (TPSA) is 42.0 Å². The number of aromatic nitrogens is 1. The Morgan fingerprint density at radius 2 is 1.72 bits per heavy atom. The molecule has 3 heteroatoms. The van der Waals surface area contributed by atoms with Gasteiger partial charge in [-0.2, -0.15) is 0 Å². The van der Waals surface area contributed by atoms with E-state index in [1.807, 2.05) is 42.5 Å². The van der Waals surface area contributed by atoms with Crippen molar-refractivity contribution in [3.63, 3.8) is 0 Å². The minimum Gasteiger partial charge on any atom is -0.352 e. The lowest BCUT2D eigenvalue weighted by molar-refractivity contribution is 0.0954. The van der Waals surface area contributed by atoms with E-state index < -0.39 is 0 Å². The van der Waals surface area contributed by atoms with E-state index in [0.717, 1.165) is 52.5 Å². The number of pyridine rings is 1. The third-order valence-electron chi connectivity index (χ3n) is 4.44. The molecule has 0 fully saturated rings. The fourth-order valence-electron chi connectivity index (χ4n) is 3.16. The zero-order chi connectivity index (χ0) is 17.6. The van der Waals surface area contributed by atoms with Crippen LogP contribution in [0.25, 0.3) is 22.2 Å². The van der Waals surface area contributed by atoms with Gasteiger partial charge in [-0.3, -0.25) is 4.79 Å². The molecule has 0 saturated carbocycles. The molecule has 0 unspecified atom stereocenters. The zero-order valence-corrected chi connectivity index (χ0v) is 14.9. The Bertz CT molecular complexity index is 872. The van der Waals surface area contributed by atoms with Gasteiger partial charge in [0.1, 0.15) is 0 Å².